The van der Waals surface area contributed by atoms with E-state index in [2.05, 4.69) is 0 Å². The van der Waals surface area contributed by atoms with E-state index in [4.69, 9.17) is 0 Å². The smallest absolute Gasteiger partial charge is 0.126 e. The van der Waals surface area contributed by atoms with Crippen LogP contribution in [0.3, 0.4) is 0 Å². The zero-order valence-electron chi connectivity index (χ0n) is 8.84. The maximum Gasteiger partial charge on any atom is 0.126 e. The zero-order valence-corrected chi connectivity index (χ0v) is 8.84. The van der Waals surface area contributed by atoms with Crippen LogP contribution < -0.4 is 0 Å². The van der Waals surface area contributed by atoms with Crippen molar-refractivity contribution in [3.05, 3.63) is 41.2 Å². The van der Waals surface area contributed by atoms with Crippen molar-refractivity contribution in [2.45, 2.75) is 20.3 Å². The molecule has 2 heteroatoms. The van der Waals surface area contributed by atoms with E-state index in [1.165, 1.54) is 12.1 Å². The molecule has 0 aromatic heterocycles. The minimum absolute atomic E-state index is 0.198. The van der Waals surface area contributed by atoms with Crippen molar-refractivity contribution >= 4 is 10.8 Å². The summed E-state index contributed by atoms with van der Waals surface area (Å²) in [5.41, 5.74) is 1.95. The minimum Gasteiger partial charge on any atom is -0.507 e. The van der Waals surface area contributed by atoms with Crippen molar-refractivity contribution < 1.29 is 9.50 Å². The Kier molecular flexibility index (Phi) is 2.35. The van der Waals surface area contributed by atoms with Gasteiger partial charge in [-0.15, -0.1) is 0 Å². The molecule has 0 atom stereocenters. The molecule has 0 unspecified atom stereocenters. The van der Waals surface area contributed by atoms with Gasteiger partial charge in [-0.1, -0.05) is 19.1 Å². The van der Waals surface area contributed by atoms with Crippen molar-refractivity contribution in [2.24, 2.45) is 0 Å². The molecule has 0 aliphatic heterocycles. The highest BCUT2D eigenvalue weighted by molar-refractivity contribution is 5.90. The third-order valence-corrected chi connectivity index (χ3v) is 2.82. The van der Waals surface area contributed by atoms with E-state index < -0.39 is 0 Å². The molecule has 2 aromatic carbocycles. The minimum atomic E-state index is -0.318. The Morgan fingerprint density at radius 1 is 1.27 bits per heavy atom. The first-order chi connectivity index (χ1) is 7.13. The first-order valence-electron chi connectivity index (χ1n) is 5.04. The Bertz CT molecular complexity index is 517. The third-order valence-electron chi connectivity index (χ3n) is 2.82. The first-order valence-corrected chi connectivity index (χ1v) is 5.04. The van der Waals surface area contributed by atoms with E-state index in [0.29, 0.717) is 5.39 Å². The van der Waals surface area contributed by atoms with Gasteiger partial charge in [-0.05, 0) is 42.0 Å². The number of hydrogen-bond donors (Lipinski definition) is 1. The van der Waals surface area contributed by atoms with Crippen LogP contribution in [0, 0.1) is 12.7 Å². The Hall–Kier alpha value is -1.57. The van der Waals surface area contributed by atoms with Gasteiger partial charge in [0.15, 0.2) is 0 Å². The van der Waals surface area contributed by atoms with Crippen LogP contribution in [0.1, 0.15) is 18.1 Å². The van der Waals surface area contributed by atoms with Crippen LogP contribution in [0.15, 0.2) is 24.3 Å². The topological polar surface area (TPSA) is 20.2 Å². The highest BCUT2D eigenvalue weighted by Crippen LogP contribution is 2.31. The highest BCUT2D eigenvalue weighted by Gasteiger charge is 2.08. The summed E-state index contributed by atoms with van der Waals surface area (Å²) in [5, 5.41) is 11.4. The van der Waals surface area contributed by atoms with Gasteiger partial charge in [-0.2, -0.15) is 0 Å². The normalized spacial score (nSPS) is 10.9. The number of rotatable bonds is 1. The number of phenols is 1. The van der Waals surface area contributed by atoms with E-state index >= 15 is 0 Å². The Morgan fingerprint density at radius 3 is 2.67 bits per heavy atom. The lowest BCUT2D eigenvalue weighted by Gasteiger charge is -2.09. The van der Waals surface area contributed by atoms with Crippen LogP contribution in [0.5, 0.6) is 5.75 Å². The second-order valence-corrected chi connectivity index (χ2v) is 3.73. The second-order valence-electron chi connectivity index (χ2n) is 3.73. The average molecular weight is 204 g/mol. The Morgan fingerprint density at radius 2 is 2.00 bits per heavy atom. The lowest BCUT2D eigenvalue weighted by Crippen LogP contribution is -1.89. The molecule has 0 radical (unpaired) electrons. The fourth-order valence-electron chi connectivity index (χ4n) is 1.88. The summed E-state index contributed by atoms with van der Waals surface area (Å²) in [6.45, 7) is 3.90. The maximum absolute atomic E-state index is 13.0. The first kappa shape index (κ1) is 9.97. The number of phenolic OH excluding ortho intramolecular Hbond substituents is 1. The fraction of sp³-hybridized carbons (Fsp3) is 0.231. The summed E-state index contributed by atoms with van der Waals surface area (Å²) in [6.07, 6.45) is 0.868. The lowest BCUT2D eigenvalue weighted by atomic mass is 9.99. The van der Waals surface area contributed by atoms with Crippen LogP contribution in [-0.4, -0.2) is 5.11 Å². The zero-order chi connectivity index (χ0) is 11.0. The highest BCUT2D eigenvalue weighted by atomic mass is 19.1. The summed E-state index contributed by atoms with van der Waals surface area (Å²) < 4.78 is 13.0. The molecule has 2 rings (SSSR count). The van der Waals surface area contributed by atoms with Crippen LogP contribution in [0.4, 0.5) is 4.39 Å². The van der Waals surface area contributed by atoms with Crippen molar-refractivity contribution in [3.8, 4) is 5.75 Å². The Balaban J connectivity index is 2.84. The van der Waals surface area contributed by atoms with Crippen molar-refractivity contribution in [1.82, 2.24) is 0 Å². The predicted molar refractivity (Wildman–Crippen MR) is 59.7 cm³/mol. The second kappa shape index (κ2) is 3.54. The van der Waals surface area contributed by atoms with Crippen molar-refractivity contribution in [3.63, 3.8) is 0 Å². The largest absolute Gasteiger partial charge is 0.507 e. The van der Waals surface area contributed by atoms with Gasteiger partial charge >= 0.3 is 0 Å². The van der Waals surface area contributed by atoms with Gasteiger partial charge in [0.1, 0.15) is 11.6 Å². The summed E-state index contributed by atoms with van der Waals surface area (Å²) in [4.78, 5) is 0. The standard InChI is InChI=1S/C13H13FO/c1-3-9-6-10-4-5-11(14)7-12(10)13(15)8(9)2/h4-7,15H,3H2,1-2H3. The molecular formula is C13H13FO. The summed E-state index contributed by atoms with van der Waals surface area (Å²) in [6, 6.07) is 6.49. The van der Waals surface area contributed by atoms with Crippen LogP contribution in [0.25, 0.3) is 10.8 Å². The number of aromatic hydroxyl groups is 1. The molecule has 0 amide bonds. The summed E-state index contributed by atoms with van der Waals surface area (Å²) in [5.74, 6) is -0.120. The number of halogens is 1. The van der Waals surface area contributed by atoms with E-state index in [0.717, 1.165) is 22.9 Å². The van der Waals surface area contributed by atoms with Crippen LogP contribution >= 0.6 is 0 Å². The quantitative estimate of drug-likeness (QED) is 0.753. The predicted octanol–water partition coefficient (Wildman–Crippen LogP) is 3.56. The molecule has 0 heterocycles. The molecule has 0 aliphatic rings. The molecule has 0 aliphatic carbocycles. The van der Waals surface area contributed by atoms with Crippen LogP contribution in [-0.2, 0) is 6.42 Å². The van der Waals surface area contributed by atoms with Gasteiger partial charge in [-0.3, -0.25) is 0 Å². The Labute approximate surface area is 88.2 Å². The summed E-state index contributed by atoms with van der Waals surface area (Å²) >= 11 is 0. The maximum atomic E-state index is 13.0. The fourth-order valence-corrected chi connectivity index (χ4v) is 1.88. The number of hydrogen-bond acceptors (Lipinski definition) is 1. The third kappa shape index (κ3) is 1.56. The van der Waals surface area contributed by atoms with Gasteiger partial charge in [-0.25, -0.2) is 4.39 Å². The monoisotopic (exact) mass is 204 g/mol. The number of fused-ring (bicyclic) bond motifs is 1. The lowest BCUT2D eigenvalue weighted by molar-refractivity contribution is 0.476. The molecule has 0 saturated heterocycles. The molecular weight excluding hydrogens is 191 g/mol. The van der Waals surface area contributed by atoms with Crippen molar-refractivity contribution in [1.29, 1.82) is 0 Å². The molecule has 1 N–H and O–H groups in total. The van der Waals surface area contributed by atoms with E-state index in [1.807, 2.05) is 19.9 Å². The van der Waals surface area contributed by atoms with Crippen LogP contribution in [0.2, 0.25) is 0 Å². The molecule has 15 heavy (non-hydrogen) atoms. The summed E-state index contributed by atoms with van der Waals surface area (Å²) in [7, 11) is 0. The van der Waals surface area contributed by atoms with Gasteiger partial charge in [0.05, 0.1) is 0 Å². The SMILES string of the molecule is CCc1cc2ccc(F)cc2c(O)c1C. The van der Waals surface area contributed by atoms with Crippen molar-refractivity contribution in [2.75, 3.05) is 0 Å². The van der Waals surface area contributed by atoms with Gasteiger partial charge in [0.25, 0.3) is 0 Å². The van der Waals surface area contributed by atoms with E-state index in [1.54, 1.807) is 6.07 Å². The molecule has 0 saturated carbocycles. The number of aryl methyl sites for hydroxylation is 1. The molecule has 0 bridgehead atoms. The van der Waals surface area contributed by atoms with Gasteiger partial charge in [0, 0.05) is 5.39 Å². The number of benzene rings is 2. The molecule has 78 valence electrons. The molecule has 2 aromatic rings. The van der Waals surface area contributed by atoms with E-state index in [-0.39, 0.29) is 11.6 Å². The van der Waals surface area contributed by atoms with E-state index in [9.17, 15) is 9.50 Å². The van der Waals surface area contributed by atoms with Gasteiger partial charge in [0.2, 0.25) is 0 Å². The van der Waals surface area contributed by atoms with Gasteiger partial charge < -0.3 is 5.11 Å². The molecule has 1 nitrogen and oxygen atoms in total. The average Bonchev–Trinajstić information content (AvgIpc) is 2.24. The molecule has 0 fully saturated rings. The molecule has 0 spiro atoms.